The van der Waals surface area contributed by atoms with E-state index in [1.54, 1.807) is 0 Å². The number of rotatable bonds is 11. The molecule has 1 rings (SSSR count). The van der Waals surface area contributed by atoms with Crippen LogP contribution < -0.4 is 14.2 Å². The molecule has 21 heavy (non-hydrogen) atoms. The third-order valence-electron chi connectivity index (χ3n) is 3.08. The van der Waals surface area contributed by atoms with Crippen molar-refractivity contribution in [3.05, 3.63) is 29.8 Å². The molecule has 1 unspecified atom stereocenters. The highest BCUT2D eigenvalue weighted by Gasteiger charge is 2.02. The zero-order valence-corrected chi connectivity index (χ0v) is 15.4. The van der Waals surface area contributed by atoms with Crippen LogP contribution in [0.15, 0.2) is 24.3 Å². The molecule has 0 radical (unpaired) electrons. The molecule has 1 aromatic rings. The van der Waals surface area contributed by atoms with Crippen LogP contribution in [0.4, 0.5) is 5.69 Å². The van der Waals surface area contributed by atoms with Gasteiger partial charge in [0.05, 0.1) is 6.61 Å². The summed E-state index contributed by atoms with van der Waals surface area (Å²) in [6, 6.07) is 8.96. The van der Waals surface area contributed by atoms with Crippen LogP contribution in [-0.2, 0) is 4.74 Å². The molecule has 0 fully saturated rings. The van der Waals surface area contributed by atoms with Crippen LogP contribution in [0.5, 0.6) is 0 Å². The van der Waals surface area contributed by atoms with E-state index in [4.69, 9.17) is 4.74 Å². The maximum absolute atomic E-state index is 5.52. The van der Waals surface area contributed by atoms with E-state index in [2.05, 4.69) is 82.1 Å². The van der Waals surface area contributed by atoms with Crippen molar-refractivity contribution < 1.29 is 4.74 Å². The Morgan fingerprint density at radius 1 is 1.05 bits per heavy atom. The van der Waals surface area contributed by atoms with Gasteiger partial charge in [0.1, 0.15) is 0 Å². The predicted octanol–water partition coefficient (Wildman–Crippen LogP) is 3.36. The summed E-state index contributed by atoms with van der Waals surface area (Å²) in [6.07, 6.45) is 0. The Balaban J connectivity index is 2.07. The Bertz CT molecular complexity index is 370. The molecule has 0 saturated carbocycles. The number of nitrogens with one attached hydrogen (secondary N) is 3. The predicted molar refractivity (Wildman–Crippen MR) is 99.0 cm³/mol. The Labute approximate surface area is 142 Å². The van der Waals surface area contributed by atoms with Gasteiger partial charge in [-0.05, 0) is 30.5 Å². The molecule has 4 nitrogen and oxygen atoms in total. The fourth-order valence-corrected chi connectivity index (χ4v) is 2.20. The van der Waals surface area contributed by atoms with Crippen LogP contribution in [0.3, 0.4) is 0 Å². The summed E-state index contributed by atoms with van der Waals surface area (Å²) in [4.78, 5) is 0. The fourth-order valence-electron chi connectivity index (χ4n) is 1.84. The van der Waals surface area contributed by atoms with Gasteiger partial charge in [0, 0.05) is 60.8 Å². The van der Waals surface area contributed by atoms with E-state index in [1.165, 1.54) is 5.56 Å². The van der Waals surface area contributed by atoms with Crippen LogP contribution in [0, 0.1) is 5.92 Å². The summed E-state index contributed by atoms with van der Waals surface area (Å²) in [5.74, 6) is 0.611. The molecule has 0 aliphatic heterocycles. The molecule has 0 aliphatic rings. The minimum Gasteiger partial charge on any atom is -0.384 e. The van der Waals surface area contributed by atoms with Crippen LogP contribution in [0.2, 0.25) is 0 Å². The highest BCUT2D eigenvalue weighted by molar-refractivity contribution is 14.1. The lowest BCUT2D eigenvalue weighted by atomic mass is 10.1. The second-order valence-electron chi connectivity index (χ2n) is 5.60. The normalized spacial score (nSPS) is 12.6. The highest BCUT2D eigenvalue weighted by Crippen LogP contribution is 2.16. The van der Waals surface area contributed by atoms with E-state index in [9.17, 15) is 0 Å². The molecule has 0 saturated heterocycles. The molecule has 0 spiro atoms. The number of ether oxygens (including phenoxy) is 1. The van der Waals surface area contributed by atoms with Crippen molar-refractivity contribution in [1.29, 1.82) is 0 Å². The van der Waals surface area contributed by atoms with E-state index in [0.29, 0.717) is 12.0 Å². The Hall–Kier alpha value is -0.370. The number of benzene rings is 1. The topological polar surface area (TPSA) is 45.3 Å². The maximum Gasteiger partial charge on any atom is 0.0591 e. The molecule has 120 valence electrons. The first-order chi connectivity index (χ1) is 10.1. The van der Waals surface area contributed by atoms with E-state index >= 15 is 0 Å². The summed E-state index contributed by atoms with van der Waals surface area (Å²) >= 11 is 2.19. The molecular weight excluding hydrogens is 377 g/mol. The second-order valence-corrected chi connectivity index (χ2v) is 6.22. The minimum absolute atomic E-state index is 0.382. The van der Waals surface area contributed by atoms with Crippen LogP contribution in [-0.4, -0.2) is 32.8 Å². The van der Waals surface area contributed by atoms with E-state index in [1.807, 2.05) is 0 Å². The number of anilines is 1. The van der Waals surface area contributed by atoms with Crippen molar-refractivity contribution in [2.24, 2.45) is 5.92 Å². The summed E-state index contributed by atoms with van der Waals surface area (Å²) in [5.41, 5.74) is 2.47. The zero-order valence-electron chi connectivity index (χ0n) is 13.3. The number of hydrogen-bond donors (Lipinski definition) is 3. The summed E-state index contributed by atoms with van der Waals surface area (Å²) < 4.78 is 8.73. The van der Waals surface area contributed by atoms with Crippen molar-refractivity contribution in [3.63, 3.8) is 0 Å². The molecule has 1 aromatic carbocycles. The second kappa shape index (κ2) is 11.2. The van der Waals surface area contributed by atoms with Gasteiger partial charge >= 0.3 is 0 Å². The maximum atomic E-state index is 5.52. The highest BCUT2D eigenvalue weighted by atomic mass is 127. The van der Waals surface area contributed by atoms with E-state index < -0.39 is 0 Å². The average Bonchev–Trinajstić information content (AvgIpc) is 2.49. The van der Waals surface area contributed by atoms with Crippen molar-refractivity contribution in [2.45, 2.75) is 26.8 Å². The van der Waals surface area contributed by atoms with Crippen molar-refractivity contribution in [1.82, 2.24) is 8.85 Å². The Morgan fingerprint density at radius 3 is 2.38 bits per heavy atom. The summed E-state index contributed by atoms with van der Waals surface area (Å²) in [6.45, 7) is 10.9. The standard InChI is InChI=1S/C16H28IN3O/c1-13(2)12-21-11-10-18-8-9-19-16-6-4-15(5-7-16)14(3)20-17/h4-7,13-14,18-20H,8-12H2,1-3H3. The Morgan fingerprint density at radius 2 is 1.76 bits per heavy atom. The summed E-state index contributed by atoms with van der Waals surface area (Å²) in [7, 11) is 0. The van der Waals surface area contributed by atoms with Gasteiger partial charge in [-0.1, -0.05) is 26.0 Å². The first-order valence-electron chi connectivity index (χ1n) is 7.62. The molecule has 0 aliphatic carbocycles. The third kappa shape index (κ3) is 8.60. The SMILES string of the molecule is CC(C)COCCNCCNc1ccc(C(C)NI)cc1. The molecule has 0 aromatic heterocycles. The lowest BCUT2D eigenvalue weighted by molar-refractivity contribution is 0.112. The lowest BCUT2D eigenvalue weighted by Crippen LogP contribution is -2.26. The van der Waals surface area contributed by atoms with Gasteiger partial charge in [-0.3, -0.25) is 3.53 Å². The molecule has 0 bridgehead atoms. The van der Waals surface area contributed by atoms with Gasteiger partial charge in [-0.2, -0.15) is 0 Å². The number of hydrogen-bond acceptors (Lipinski definition) is 4. The molecule has 3 N–H and O–H groups in total. The zero-order chi connectivity index (χ0) is 15.5. The van der Waals surface area contributed by atoms with Crippen LogP contribution >= 0.6 is 22.9 Å². The van der Waals surface area contributed by atoms with Crippen molar-refractivity contribution in [3.8, 4) is 0 Å². The summed E-state index contributed by atoms with van der Waals surface area (Å²) in [5, 5.41) is 6.78. The third-order valence-corrected chi connectivity index (χ3v) is 4.01. The van der Waals surface area contributed by atoms with Gasteiger partial charge < -0.3 is 15.4 Å². The fraction of sp³-hybridized carbons (Fsp3) is 0.625. The average molecular weight is 405 g/mol. The lowest BCUT2D eigenvalue weighted by Gasteiger charge is -2.12. The van der Waals surface area contributed by atoms with Crippen LogP contribution in [0.25, 0.3) is 0 Å². The smallest absolute Gasteiger partial charge is 0.0591 e. The van der Waals surface area contributed by atoms with E-state index in [0.717, 1.165) is 38.5 Å². The molecule has 0 amide bonds. The molecular formula is C16H28IN3O. The van der Waals surface area contributed by atoms with Gasteiger partial charge in [-0.25, -0.2) is 0 Å². The molecule has 5 heteroatoms. The number of halogens is 1. The first kappa shape index (κ1) is 18.7. The quantitative estimate of drug-likeness (QED) is 0.300. The largest absolute Gasteiger partial charge is 0.384 e. The molecule has 1 atom stereocenters. The van der Waals surface area contributed by atoms with Crippen LogP contribution in [0.1, 0.15) is 32.4 Å². The van der Waals surface area contributed by atoms with Gasteiger partial charge in [-0.15, -0.1) is 0 Å². The van der Waals surface area contributed by atoms with Crippen molar-refractivity contribution in [2.75, 3.05) is 38.2 Å². The van der Waals surface area contributed by atoms with Gasteiger partial charge in [0.15, 0.2) is 0 Å². The van der Waals surface area contributed by atoms with Gasteiger partial charge in [0.2, 0.25) is 0 Å². The van der Waals surface area contributed by atoms with Gasteiger partial charge in [0.25, 0.3) is 0 Å². The minimum atomic E-state index is 0.382. The Kier molecular flexibility index (Phi) is 9.99. The van der Waals surface area contributed by atoms with Crippen molar-refractivity contribution >= 4 is 28.6 Å². The van der Waals surface area contributed by atoms with E-state index in [-0.39, 0.29) is 0 Å². The first-order valence-corrected chi connectivity index (χ1v) is 8.69. The molecule has 0 heterocycles. The monoisotopic (exact) mass is 405 g/mol.